The lowest BCUT2D eigenvalue weighted by atomic mass is 9.73. The fourth-order valence-electron chi connectivity index (χ4n) is 5.34. The fraction of sp³-hybridized carbons (Fsp3) is 0.348. The summed E-state index contributed by atoms with van der Waals surface area (Å²) in [5.41, 5.74) is 11.6. The van der Waals surface area contributed by atoms with E-state index in [0.29, 0.717) is 11.4 Å². The second-order valence-electron chi connectivity index (χ2n) is 8.76. The standard InChI is InChI=1S/C23H22F2N6S.ClH/c1-13-20(14-3-2-4-15(24)18(14)25)31-16(5-8-28-31)22(29-13)30-9-6-23(7-10-30)11-17-19(21(23)26)27-12-32-17;/h2-5,8,12,21H,6-7,9-11,26H2,1H3;1H/t21-;/m1./s1. The average molecular weight is 489 g/mol. The average Bonchev–Trinajstić information content (AvgIpc) is 3.50. The number of piperidine rings is 1. The maximum absolute atomic E-state index is 14.6. The predicted molar refractivity (Wildman–Crippen MR) is 127 cm³/mol. The predicted octanol–water partition coefficient (Wildman–Crippen LogP) is 4.70. The van der Waals surface area contributed by atoms with E-state index < -0.39 is 11.6 Å². The number of nitrogens with two attached hydrogens (primary N) is 1. The summed E-state index contributed by atoms with van der Waals surface area (Å²) in [4.78, 5) is 12.9. The maximum Gasteiger partial charge on any atom is 0.168 e. The fourth-order valence-corrected chi connectivity index (χ4v) is 6.30. The molecule has 3 aromatic heterocycles. The molecule has 0 radical (unpaired) electrons. The Bertz CT molecular complexity index is 1340. The van der Waals surface area contributed by atoms with Crippen LogP contribution in [0.25, 0.3) is 16.8 Å². The van der Waals surface area contributed by atoms with Crippen LogP contribution in [0.4, 0.5) is 14.6 Å². The molecule has 2 N–H and O–H groups in total. The van der Waals surface area contributed by atoms with Crippen LogP contribution in [-0.4, -0.2) is 32.7 Å². The molecule has 6 nitrogen and oxygen atoms in total. The van der Waals surface area contributed by atoms with Crippen molar-refractivity contribution in [3.8, 4) is 11.3 Å². The number of fused-ring (bicyclic) bond motifs is 2. The van der Waals surface area contributed by atoms with Crippen LogP contribution in [0.5, 0.6) is 0 Å². The molecule has 33 heavy (non-hydrogen) atoms. The van der Waals surface area contributed by atoms with Crippen molar-refractivity contribution in [2.24, 2.45) is 11.1 Å². The highest BCUT2D eigenvalue weighted by atomic mass is 35.5. The van der Waals surface area contributed by atoms with Gasteiger partial charge in [0.2, 0.25) is 0 Å². The van der Waals surface area contributed by atoms with Crippen molar-refractivity contribution < 1.29 is 8.78 Å². The Kier molecular flexibility index (Phi) is 5.38. The molecule has 1 atom stereocenters. The third-order valence-corrected chi connectivity index (χ3v) is 7.95. The Morgan fingerprint density at radius 2 is 1.97 bits per heavy atom. The van der Waals surface area contributed by atoms with Crippen molar-refractivity contribution in [3.63, 3.8) is 0 Å². The summed E-state index contributed by atoms with van der Waals surface area (Å²) in [7, 11) is 0. The van der Waals surface area contributed by atoms with Crippen LogP contribution >= 0.6 is 23.7 Å². The molecule has 1 fully saturated rings. The Balaban J connectivity index is 0.00000228. The van der Waals surface area contributed by atoms with Crippen molar-refractivity contribution in [1.29, 1.82) is 0 Å². The third kappa shape index (κ3) is 3.25. The monoisotopic (exact) mass is 488 g/mol. The quantitative estimate of drug-likeness (QED) is 0.442. The lowest BCUT2D eigenvalue weighted by Crippen LogP contribution is -2.45. The van der Waals surface area contributed by atoms with Gasteiger partial charge in [0, 0.05) is 23.5 Å². The van der Waals surface area contributed by atoms with Gasteiger partial charge < -0.3 is 10.6 Å². The molecule has 0 bridgehead atoms. The van der Waals surface area contributed by atoms with E-state index in [9.17, 15) is 8.78 Å². The number of nitrogens with zero attached hydrogens (tertiary/aromatic N) is 5. The highest BCUT2D eigenvalue weighted by Gasteiger charge is 2.47. The number of thiazole rings is 1. The second kappa shape index (κ2) is 8.00. The molecule has 1 aliphatic heterocycles. The van der Waals surface area contributed by atoms with Crippen LogP contribution < -0.4 is 10.6 Å². The Morgan fingerprint density at radius 1 is 1.18 bits per heavy atom. The van der Waals surface area contributed by atoms with E-state index in [1.54, 1.807) is 28.1 Å². The third-order valence-electron chi connectivity index (χ3n) is 7.10. The molecule has 0 amide bonds. The largest absolute Gasteiger partial charge is 0.355 e. The molecule has 4 heterocycles. The van der Waals surface area contributed by atoms with Gasteiger partial charge in [0.1, 0.15) is 5.52 Å². The van der Waals surface area contributed by atoms with Crippen molar-refractivity contribution in [2.45, 2.75) is 32.2 Å². The zero-order valence-electron chi connectivity index (χ0n) is 18.0. The van der Waals surface area contributed by atoms with Crippen molar-refractivity contribution in [1.82, 2.24) is 19.6 Å². The van der Waals surface area contributed by atoms with Crippen LogP contribution in [-0.2, 0) is 6.42 Å². The zero-order chi connectivity index (χ0) is 22.0. The summed E-state index contributed by atoms with van der Waals surface area (Å²) in [5.74, 6) is -0.962. The molecule has 1 aromatic carbocycles. The van der Waals surface area contributed by atoms with E-state index in [2.05, 4.69) is 15.0 Å². The van der Waals surface area contributed by atoms with E-state index in [0.717, 1.165) is 55.4 Å². The van der Waals surface area contributed by atoms with Crippen molar-refractivity contribution in [3.05, 3.63) is 63.9 Å². The minimum absolute atomic E-state index is 0. The number of aryl methyl sites for hydroxylation is 1. The summed E-state index contributed by atoms with van der Waals surface area (Å²) in [5, 5.41) is 4.42. The van der Waals surface area contributed by atoms with Crippen molar-refractivity contribution in [2.75, 3.05) is 18.0 Å². The Labute approximate surface area is 199 Å². The highest BCUT2D eigenvalue weighted by Crippen LogP contribution is 2.51. The van der Waals surface area contributed by atoms with E-state index in [4.69, 9.17) is 10.7 Å². The van der Waals surface area contributed by atoms with Crippen LogP contribution in [0, 0.1) is 24.0 Å². The second-order valence-corrected chi connectivity index (χ2v) is 9.70. The lowest BCUT2D eigenvalue weighted by molar-refractivity contribution is 0.186. The molecule has 1 saturated heterocycles. The molecule has 4 aromatic rings. The summed E-state index contributed by atoms with van der Waals surface area (Å²) in [6.45, 7) is 3.46. The Morgan fingerprint density at radius 3 is 2.73 bits per heavy atom. The number of benzene rings is 1. The number of hydrogen-bond donors (Lipinski definition) is 1. The normalized spacial score (nSPS) is 19.2. The minimum atomic E-state index is -0.891. The van der Waals surface area contributed by atoms with Gasteiger partial charge in [0.05, 0.1) is 34.8 Å². The summed E-state index contributed by atoms with van der Waals surface area (Å²) in [6.07, 6.45) is 4.58. The highest BCUT2D eigenvalue weighted by molar-refractivity contribution is 7.09. The summed E-state index contributed by atoms with van der Waals surface area (Å²) >= 11 is 1.70. The van der Waals surface area contributed by atoms with Gasteiger partial charge in [-0.15, -0.1) is 23.7 Å². The number of aromatic nitrogens is 4. The molecule has 1 spiro atoms. The molecule has 2 aliphatic rings. The van der Waals surface area contributed by atoms with Crippen LogP contribution in [0.1, 0.15) is 35.1 Å². The van der Waals surface area contributed by atoms with Crippen LogP contribution in [0.3, 0.4) is 0 Å². The minimum Gasteiger partial charge on any atom is -0.355 e. The van der Waals surface area contributed by atoms with Gasteiger partial charge >= 0.3 is 0 Å². The first-order valence-corrected chi connectivity index (χ1v) is 11.6. The van der Waals surface area contributed by atoms with Gasteiger partial charge in [-0.2, -0.15) is 5.10 Å². The summed E-state index contributed by atoms with van der Waals surface area (Å²) in [6, 6.07) is 6.02. The molecule has 1 aliphatic carbocycles. The maximum atomic E-state index is 14.6. The zero-order valence-corrected chi connectivity index (χ0v) is 19.6. The molecule has 0 unspecified atom stereocenters. The van der Waals surface area contributed by atoms with E-state index in [1.165, 1.54) is 10.9 Å². The van der Waals surface area contributed by atoms with E-state index in [1.807, 2.05) is 18.5 Å². The van der Waals surface area contributed by atoms with Gasteiger partial charge in [0.25, 0.3) is 0 Å². The van der Waals surface area contributed by atoms with Gasteiger partial charge in [0.15, 0.2) is 17.5 Å². The molecule has 0 saturated carbocycles. The summed E-state index contributed by atoms with van der Waals surface area (Å²) < 4.78 is 30.1. The van der Waals surface area contributed by atoms with E-state index in [-0.39, 0.29) is 29.4 Å². The van der Waals surface area contributed by atoms with Gasteiger partial charge in [-0.25, -0.2) is 23.3 Å². The number of hydrogen-bond acceptors (Lipinski definition) is 6. The lowest BCUT2D eigenvalue weighted by Gasteiger charge is -2.42. The van der Waals surface area contributed by atoms with Crippen LogP contribution in [0.2, 0.25) is 0 Å². The number of anilines is 1. The molecular weight excluding hydrogens is 466 g/mol. The first kappa shape index (κ1) is 22.2. The first-order chi connectivity index (χ1) is 15.5. The molecule has 6 rings (SSSR count). The van der Waals surface area contributed by atoms with Crippen molar-refractivity contribution >= 4 is 35.1 Å². The van der Waals surface area contributed by atoms with E-state index >= 15 is 0 Å². The SMILES string of the molecule is Cc1nc(N2CCC3(CC2)Cc2scnc2[C@H]3N)c2ccnn2c1-c1cccc(F)c1F.Cl. The van der Waals surface area contributed by atoms with Gasteiger partial charge in [-0.3, -0.25) is 0 Å². The smallest absolute Gasteiger partial charge is 0.168 e. The topological polar surface area (TPSA) is 72.3 Å². The molecule has 172 valence electrons. The number of rotatable bonds is 2. The molecule has 10 heteroatoms. The van der Waals surface area contributed by atoms with Gasteiger partial charge in [-0.05, 0) is 49.8 Å². The Hall–Kier alpha value is -2.62. The first-order valence-electron chi connectivity index (χ1n) is 10.7. The number of halogens is 3. The van der Waals surface area contributed by atoms with Gasteiger partial charge in [-0.1, -0.05) is 6.07 Å². The molecular formula is C23H23ClF2N6S. The van der Waals surface area contributed by atoms with Crippen LogP contribution in [0.15, 0.2) is 36.0 Å².